The molecule has 1 amide bonds. The normalized spacial score (nSPS) is 17.7. The van der Waals surface area contributed by atoms with E-state index < -0.39 is 28.4 Å². The molecule has 1 aliphatic heterocycles. The topological polar surface area (TPSA) is 121 Å². The monoisotopic (exact) mass is 416 g/mol. The van der Waals surface area contributed by atoms with Gasteiger partial charge in [-0.3, -0.25) is 24.6 Å². The van der Waals surface area contributed by atoms with E-state index >= 15 is 0 Å². The molecule has 31 heavy (non-hydrogen) atoms. The third-order valence-corrected chi connectivity index (χ3v) is 5.05. The molecule has 1 atom stereocenters. The third kappa shape index (κ3) is 3.40. The summed E-state index contributed by atoms with van der Waals surface area (Å²) in [6, 6.07) is 18.2. The Bertz CT molecular complexity index is 1220. The molecule has 0 aliphatic carbocycles. The molecular weight excluding hydrogens is 400 g/mol. The highest BCUT2D eigenvalue weighted by atomic mass is 16.6. The first-order valence-electron chi connectivity index (χ1n) is 9.29. The SMILES string of the molecule is O=C1C(=O)N(c2ccc(O)cc2)[C@@H](c2ccccc2[N+](=O)[O-])/C1=C(\O)c1ccccc1. The highest BCUT2D eigenvalue weighted by molar-refractivity contribution is 6.51. The number of anilines is 1. The standard InChI is InChI=1S/C23H16N2O6/c26-16-12-10-15(11-13-16)24-20(17-8-4-5-9-18(17)25(30)31)19(22(28)23(24)29)21(27)14-6-2-1-3-7-14/h1-13,20,26-27H/b21-19+/t20-/m0/s1. The number of aliphatic hydroxyl groups excluding tert-OH is 1. The zero-order valence-electron chi connectivity index (χ0n) is 16.0. The molecule has 1 fully saturated rings. The highest BCUT2D eigenvalue weighted by Gasteiger charge is 2.48. The highest BCUT2D eigenvalue weighted by Crippen LogP contribution is 2.44. The van der Waals surface area contributed by atoms with Crippen molar-refractivity contribution in [3.05, 3.63) is 106 Å². The van der Waals surface area contributed by atoms with E-state index in [0.29, 0.717) is 5.56 Å². The van der Waals surface area contributed by atoms with Crippen LogP contribution in [0.4, 0.5) is 11.4 Å². The predicted octanol–water partition coefficient (Wildman–Crippen LogP) is 3.93. The Kier molecular flexibility index (Phi) is 4.96. The number of carbonyl (C=O) groups is 2. The minimum atomic E-state index is -1.23. The first-order valence-corrected chi connectivity index (χ1v) is 9.29. The summed E-state index contributed by atoms with van der Waals surface area (Å²) in [5.74, 6) is -2.38. The number of amides is 1. The van der Waals surface area contributed by atoms with Crippen molar-refractivity contribution in [2.45, 2.75) is 6.04 Å². The lowest BCUT2D eigenvalue weighted by Gasteiger charge is -2.25. The summed E-state index contributed by atoms with van der Waals surface area (Å²) in [5.41, 5.74) is 0.0814. The number of nitro benzene ring substituents is 1. The van der Waals surface area contributed by atoms with E-state index in [1.807, 2.05) is 0 Å². The van der Waals surface area contributed by atoms with Crippen LogP contribution < -0.4 is 4.90 Å². The van der Waals surface area contributed by atoms with E-state index in [9.17, 15) is 29.9 Å². The van der Waals surface area contributed by atoms with Crippen LogP contribution >= 0.6 is 0 Å². The van der Waals surface area contributed by atoms with E-state index in [4.69, 9.17) is 0 Å². The number of aromatic hydroxyl groups is 1. The average molecular weight is 416 g/mol. The Labute approximate surface area is 176 Å². The minimum absolute atomic E-state index is 0.0492. The molecule has 1 aliphatic rings. The van der Waals surface area contributed by atoms with Gasteiger partial charge in [0.1, 0.15) is 17.6 Å². The zero-order chi connectivity index (χ0) is 22.1. The molecule has 3 aromatic rings. The van der Waals surface area contributed by atoms with E-state index in [2.05, 4.69) is 0 Å². The van der Waals surface area contributed by atoms with Gasteiger partial charge in [0.15, 0.2) is 0 Å². The van der Waals surface area contributed by atoms with Gasteiger partial charge in [0.05, 0.1) is 16.1 Å². The number of hydrogen-bond acceptors (Lipinski definition) is 6. The van der Waals surface area contributed by atoms with Gasteiger partial charge < -0.3 is 10.2 Å². The Morgan fingerprint density at radius 1 is 0.903 bits per heavy atom. The first-order chi connectivity index (χ1) is 14.9. The number of carbonyl (C=O) groups excluding carboxylic acids is 2. The average Bonchev–Trinajstić information content (AvgIpc) is 3.05. The first kappa shape index (κ1) is 19.8. The van der Waals surface area contributed by atoms with E-state index in [-0.39, 0.29) is 28.3 Å². The van der Waals surface area contributed by atoms with Crippen molar-refractivity contribution >= 4 is 28.8 Å². The number of hydrogen-bond donors (Lipinski definition) is 2. The van der Waals surface area contributed by atoms with E-state index in [0.717, 1.165) is 4.90 Å². The van der Waals surface area contributed by atoms with Crippen molar-refractivity contribution in [2.24, 2.45) is 0 Å². The summed E-state index contributed by atoms with van der Waals surface area (Å²) in [7, 11) is 0. The summed E-state index contributed by atoms with van der Waals surface area (Å²) in [6.45, 7) is 0. The maximum absolute atomic E-state index is 13.0. The van der Waals surface area contributed by atoms with Gasteiger partial charge in [0.2, 0.25) is 0 Å². The number of Topliss-reactive ketones (excluding diaryl/α,β-unsaturated/α-hetero) is 1. The lowest BCUT2D eigenvalue weighted by molar-refractivity contribution is -0.385. The van der Waals surface area contributed by atoms with Gasteiger partial charge in [-0.05, 0) is 30.3 Å². The molecule has 0 unspecified atom stereocenters. The summed E-state index contributed by atoms with van der Waals surface area (Å²) in [5, 5.41) is 32.2. The van der Waals surface area contributed by atoms with Gasteiger partial charge in [0, 0.05) is 17.3 Å². The Morgan fingerprint density at radius 3 is 2.16 bits per heavy atom. The summed E-state index contributed by atoms with van der Waals surface area (Å²) in [4.78, 5) is 38.2. The van der Waals surface area contributed by atoms with Crippen LogP contribution in [0.25, 0.3) is 5.76 Å². The van der Waals surface area contributed by atoms with E-state index in [1.54, 1.807) is 36.4 Å². The molecule has 1 saturated heterocycles. The number of para-hydroxylation sites is 1. The number of phenolic OH excluding ortho intramolecular Hbond substituents is 1. The Balaban J connectivity index is 2.01. The molecule has 2 N–H and O–H groups in total. The van der Waals surface area contributed by atoms with Gasteiger partial charge >= 0.3 is 0 Å². The van der Waals surface area contributed by atoms with Crippen LogP contribution in [0.5, 0.6) is 5.75 Å². The predicted molar refractivity (Wildman–Crippen MR) is 112 cm³/mol. The molecular formula is C23H16N2O6. The fourth-order valence-corrected chi connectivity index (χ4v) is 3.64. The number of nitro groups is 1. The molecule has 0 saturated carbocycles. The van der Waals surface area contributed by atoms with Crippen molar-refractivity contribution in [2.75, 3.05) is 4.90 Å². The van der Waals surface area contributed by atoms with Crippen molar-refractivity contribution in [3.63, 3.8) is 0 Å². The molecule has 154 valence electrons. The molecule has 4 rings (SSSR count). The summed E-state index contributed by atoms with van der Waals surface area (Å²) >= 11 is 0. The second kappa shape index (κ2) is 7.75. The van der Waals surface area contributed by atoms with E-state index in [1.165, 1.54) is 42.5 Å². The van der Waals surface area contributed by atoms with Gasteiger partial charge in [-0.2, -0.15) is 0 Å². The van der Waals surface area contributed by atoms with Gasteiger partial charge in [-0.25, -0.2) is 0 Å². The largest absolute Gasteiger partial charge is 0.508 e. The fourth-order valence-electron chi connectivity index (χ4n) is 3.64. The second-order valence-corrected chi connectivity index (χ2v) is 6.87. The molecule has 8 heteroatoms. The fraction of sp³-hybridized carbons (Fsp3) is 0.0435. The van der Waals surface area contributed by atoms with Crippen LogP contribution in [0.2, 0.25) is 0 Å². The molecule has 8 nitrogen and oxygen atoms in total. The minimum Gasteiger partial charge on any atom is -0.508 e. The smallest absolute Gasteiger partial charge is 0.300 e. The Hall–Kier alpha value is -4.46. The molecule has 0 aromatic heterocycles. The summed E-state index contributed by atoms with van der Waals surface area (Å²) in [6.07, 6.45) is 0. The zero-order valence-corrected chi connectivity index (χ0v) is 16.0. The number of rotatable bonds is 4. The van der Waals surface area contributed by atoms with Crippen LogP contribution in [-0.2, 0) is 9.59 Å². The number of benzene rings is 3. The van der Waals surface area contributed by atoms with Gasteiger partial charge in [-0.15, -0.1) is 0 Å². The lowest BCUT2D eigenvalue weighted by atomic mass is 9.94. The third-order valence-electron chi connectivity index (χ3n) is 5.05. The Morgan fingerprint density at radius 2 is 1.52 bits per heavy atom. The second-order valence-electron chi connectivity index (χ2n) is 6.87. The van der Waals surface area contributed by atoms with Gasteiger partial charge in [-0.1, -0.05) is 42.5 Å². The van der Waals surface area contributed by atoms with Crippen LogP contribution in [0, 0.1) is 10.1 Å². The molecule has 0 radical (unpaired) electrons. The number of nitrogens with zero attached hydrogens (tertiary/aromatic N) is 2. The number of phenols is 1. The van der Waals surface area contributed by atoms with Crippen molar-refractivity contribution in [1.82, 2.24) is 0 Å². The van der Waals surface area contributed by atoms with Gasteiger partial charge in [0.25, 0.3) is 17.4 Å². The van der Waals surface area contributed by atoms with Crippen LogP contribution in [0.15, 0.2) is 84.4 Å². The molecule has 0 bridgehead atoms. The maximum atomic E-state index is 13.0. The van der Waals surface area contributed by atoms with Crippen LogP contribution in [-0.4, -0.2) is 26.8 Å². The molecule has 0 spiro atoms. The maximum Gasteiger partial charge on any atom is 0.300 e. The van der Waals surface area contributed by atoms with Crippen molar-refractivity contribution < 1.29 is 24.7 Å². The van der Waals surface area contributed by atoms with Crippen molar-refractivity contribution in [3.8, 4) is 5.75 Å². The van der Waals surface area contributed by atoms with Crippen LogP contribution in [0.3, 0.4) is 0 Å². The molecule has 3 aromatic carbocycles. The summed E-state index contributed by atoms with van der Waals surface area (Å²) < 4.78 is 0. The number of ketones is 1. The quantitative estimate of drug-likeness (QED) is 0.219. The van der Waals surface area contributed by atoms with Crippen molar-refractivity contribution in [1.29, 1.82) is 0 Å². The van der Waals surface area contributed by atoms with Crippen LogP contribution in [0.1, 0.15) is 17.2 Å². The number of aliphatic hydroxyl groups is 1. The molecule has 1 heterocycles. The lowest BCUT2D eigenvalue weighted by Crippen LogP contribution is -2.29.